The van der Waals surface area contributed by atoms with Crippen molar-refractivity contribution in [3.63, 3.8) is 0 Å². The van der Waals surface area contributed by atoms with E-state index in [1.165, 1.54) is 0 Å². The van der Waals surface area contributed by atoms with Crippen LogP contribution in [-0.4, -0.2) is 25.9 Å². The van der Waals surface area contributed by atoms with Crippen LogP contribution in [0.2, 0.25) is 0 Å². The standard InChI is InChI=1S/C26H22N2O3S/c29-26(28-17-7-11-20-9-2-4-15-24(20)28)23-14-6-12-21(27-23)18-32(30,31)25-16-5-10-19-8-1-3-13-22(19)25/h1-6,8-10,12-16H,7,11,17-18H2. The van der Waals surface area contributed by atoms with Crippen LogP contribution in [0.25, 0.3) is 10.8 Å². The van der Waals surface area contributed by atoms with Gasteiger partial charge in [0.1, 0.15) is 5.69 Å². The van der Waals surface area contributed by atoms with Gasteiger partial charge in [0.05, 0.1) is 16.3 Å². The number of pyridine rings is 1. The molecule has 2 heterocycles. The molecule has 4 aromatic rings. The number of carbonyl (C=O) groups excluding carboxylic acids is 1. The Bertz CT molecular complexity index is 1420. The fourth-order valence-corrected chi connectivity index (χ4v) is 5.81. The number of hydrogen-bond donors (Lipinski definition) is 0. The lowest BCUT2D eigenvalue weighted by molar-refractivity contribution is 0.0980. The highest BCUT2D eigenvalue weighted by Crippen LogP contribution is 2.28. The number of aryl methyl sites for hydroxylation is 1. The maximum Gasteiger partial charge on any atom is 0.276 e. The van der Waals surface area contributed by atoms with Crippen molar-refractivity contribution in [3.05, 3.63) is 102 Å². The minimum Gasteiger partial charge on any atom is -0.307 e. The summed E-state index contributed by atoms with van der Waals surface area (Å²) in [5.41, 5.74) is 2.66. The van der Waals surface area contributed by atoms with Crippen molar-refractivity contribution < 1.29 is 13.2 Å². The number of anilines is 1. The summed E-state index contributed by atoms with van der Waals surface area (Å²) >= 11 is 0. The number of aromatic nitrogens is 1. The van der Waals surface area contributed by atoms with E-state index in [0.717, 1.165) is 29.5 Å². The average Bonchev–Trinajstić information content (AvgIpc) is 2.82. The van der Waals surface area contributed by atoms with E-state index in [9.17, 15) is 13.2 Å². The van der Waals surface area contributed by atoms with E-state index in [2.05, 4.69) is 4.98 Å². The van der Waals surface area contributed by atoms with Gasteiger partial charge in [0, 0.05) is 17.6 Å². The van der Waals surface area contributed by atoms with E-state index < -0.39 is 9.84 Å². The average molecular weight is 443 g/mol. The Balaban J connectivity index is 1.45. The Kier molecular flexibility index (Phi) is 5.23. The Hall–Kier alpha value is -3.51. The van der Waals surface area contributed by atoms with E-state index in [-0.39, 0.29) is 22.2 Å². The lowest BCUT2D eigenvalue weighted by atomic mass is 10.0. The summed E-state index contributed by atoms with van der Waals surface area (Å²) in [7, 11) is -3.64. The van der Waals surface area contributed by atoms with E-state index in [0.29, 0.717) is 17.6 Å². The molecule has 0 saturated carbocycles. The summed E-state index contributed by atoms with van der Waals surface area (Å²) in [5.74, 6) is -0.472. The first kappa shape index (κ1) is 20.4. The molecule has 3 aromatic carbocycles. The van der Waals surface area contributed by atoms with Gasteiger partial charge in [-0.15, -0.1) is 0 Å². The monoisotopic (exact) mass is 442 g/mol. The van der Waals surface area contributed by atoms with Gasteiger partial charge in [0.2, 0.25) is 0 Å². The van der Waals surface area contributed by atoms with E-state index in [1.807, 2.05) is 54.6 Å². The predicted octanol–water partition coefficient (Wildman–Crippen LogP) is 4.80. The Morgan fingerprint density at radius 1 is 0.875 bits per heavy atom. The van der Waals surface area contributed by atoms with Gasteiger partial charge in [0.25, 0.3) is 5.91 Å². The molecule has 1 aliphatic rings. The summed E-state index contributed by atoms with van der Waals surface area (Å²) in [6, 6.07) is 25.6. The largest absolute Gasteiger partial charge is 0.307 e. The molecule has 5 nitrogen and oxygen atoms in total. The van der Waals surface area contributed by atoms with Gasteiger partial charge in [-0.2, -0.15) is 0 Å². The molecule has 1 aromatic heterocycles. The number of para-hydroxylation sites is 1. The molecule has 6 heteroatoms. The molecule has 0 radical (unpaired) electrons. The molecule has 5 rings (SSSR count). The summed E-state index contributed by atoms with van der Waals surface area (Å²) in [5, 5.41) is 1.56. The zero-order valence-electron chi connectivity index (χ0n) is 17.4. The topological polar surface area (TPSA) is 67.3 Å². The number of hydrogen-bond acceptors (Lipinski definition) is 4. The smallest absolute Gasteiger partial charge is 0.276 e. The molecule has 0 fully saturated rings. The van der Waals surface area contributed by atoms with Gasteiger partial charge in [-0.05, 0) is 48.1 Å². The molecule has 1 aliphatic heterocycles. The van der Waals surface area contributed by atoms with Crippen LogP contribution in [0.1, 0.15) is 28.2 Å². The molecule has 0 unspecified atom stereocenters. The van der Waals surface area contributed by atoms with Crippen molar-refractivity contribution >= 4 is 32.2 Å². The second-order valence-corrected chi connectivity index (χ2v) is 9.90. The highest BCUT2D eigenvalue weighted by Gasteiger charge is 2.25. The van der Waals surface area contributed by atoms with Crippen LogP contribution in [0, 0.1) is 0 Å². The minimum absolute atomic E-state index is 0.207. The maximum absolute atomic E-state index is 13.2. The minimum atomic E-state index is -3.64. The van der Waals surface area contributed by atoms with Crippen molar-refractivity contribution in [2.24, 2.45) is 0 Å². The molecule has 0 atom stereocenters. The van der Waals surface area contributed by atoms with Crippen LogP contribution in [0.15, 0.2) is 89.8 Å². The van der Waals surface area contributed by atoms with Crippen LogP contribution in [-0.2, 0) is 22.0 Å². The summed E-state index contributed by atoms with van der Waals surface area (Å²) in [6.07, 6.45) is 1.83. The number of carbonyl (C=O) groups is 1. The molecule has 0 N–H and O–H groups in total. The molecular weight excluding hydrogens is 420 g/mol. The van der Waals surface area contributed by atoms with E-state index in [1.54, 1.807) is 35.2 Å². The Labute approximate surface area is 187 Å². The first-order valence-electron chi connectivity index (χ1n) is 10.6. The summed E-state index contributed by atoms with van der Waals surface area (Å²) in [6.45, 7) is 0.621. The third kappa shape index (κ3) is 3.78. The van der Waals surface area contributed by atoms with E-state index >= 15 is 0 Å². The van der Waals surface area contributed by atoms with Crippen LogP contribution < -0.4 is 4.90 Å². The maximum atomic E-state index is 13.2. The van der Waals surface area contributed by atoms with Crippen molar-refractivity contribution in [1.82, 2.24) is 4.98 Å². The zero-order chi connectivity index (χ0) is 22.1. The van der Waals surface area contributed by atoms with Crippen LogP contribution in [0.5, 0.6) is 0 Å². The summed E-state index contributed by atoms with van der Waals surface area (Å²) in [4.78, 5) is 19.7. The highest BCUT2D eigenvalue weighted by molar-refractivity contribution is 7.90. The van der Waals surface area contributed by atoms with Gasteiger partial charge in [-0.3, -0.25) is 4.79 Å². The fourth-order valence-electron chi connectivity index (χ4n) is 4.30. The van der Waals surface area contributed by atoms with Crippen LogP contribution >= 0.6 is 0 Å². The molecule has 160 valence electrons. The summed E-state index contributed by atoms with van der Waals surface area (Å²) < 4.78 is 26.5. The molecule has 0 spiro atoms. The number of amides is 1. The number of sulfone groups is 1. The first-order chi connectivity index (χ1) is 15.5. The van der Waals surface area contributed by atoms with Crippen molar-refractivity contribution in [2.75, 3.05) is 11.4 Å². The molecule has 32 heavy (non-hydrogen) atoms. The van der Waals surface area contributed by atoms with Crippen LogP contribution in [0.4, 0.5) is 5.69 Å². The normalized spacial score (nSPS) is 13.7. The zero-order valence-corrected chi connectivity index (χ0v) is 18.3. The van der Waals surface area contributed by atoms with Gasteiger partial charge in [-0.25, -0.2) is 13.4 Å². The van der Waals surface area contributed by atoms with Gasteiger partial charge < -0.3 is 4.90 Å². The van der Waals surface area contributed by atoms with Gasteiger partial charge in [-0.1, -0.05) is 60.7 Å². The van der Waals surface area contributed by atoms with Crippen LogP contribution in [0.3, 0.4) is 0 Å². The quantitative estimate of drug-likeness (QED) is 0.455. The first-order valence-corrected chi connectivity index (χ1v) is 12.2. The SMILES string of the molecule is O=C(c1cccc(CS(=O)(=O)c2cccc3ccccc23)n1)N1CCCc2ccccc21. The molecule has 0 aliphatic carbocycles. The van der Waals surface area contributed by atoms with E-state index in [4.69, 9.17) is 0 Å². The van der Waals surface area contributed by atoms with Gasteiger partial charge >= 0.3 is 0 Å². The molecular formula is C26H22N2O3S. The van der Waals surface area contributed by atoms with Gasteiger partial charge in [0.15, 0.2) is 9.84 Å². The van der Waals surface area contributed by atoms with Crippen molar-refractivity contribution in [2.45, 2.75) is 23.5 Å². The second kappa shape index (κ2) is 8.20. The predicted molar refractivity (Wildman–Crippen MR) is 126 cm³/mol. The number of nitrogens with zero attached hydrogens (tertiary/aromatic N) is 2. The highest BCUT2D eigenvalue weighted by atomic mass is 32.2. The number of rotatable bonds is 4. The molecule has 0 bridgehead atoms. The Morgan fingerprint density at radius 3 is 2.53 bits per heavy atom. The van der Waals surface area contributed by atoms with Crippen molar-refractivity contribution in [3.8, 4) is 0 Å². The fraction of sp³-hybridized carbons (Fsp3) is 0.154. The lowest BCUT2D eigenvalue weighted by Gasteiger charge is -2.29. The second-order valence-electron chi connectivity index (χ2n) is 7.94. The molecule has 1 amide bonds. The molecule has 0 saturated heterocycles. The van der Waals surface area contributed by atoms with Crippen molar-refractivity contribution in [1.29, 1.82) is 0 Å². The number of fused-ring (bicyclic) bond motifs is 2. The Morgan fingerprint density at radius 2 is 1.62 bits per heavy atom. The third-order valence-electron chi connectivity index (χ3n) is 5.80. The third-order valence-corrected chi connectivity index (χ3v) is 7.51. The number of benzene rings is 3. The lowest BCUT2D eigenvalue weighted by Crippen LogP contribution is -2.36.